The van der Waals surface area contributed by atoms with E-state index in [-0.39, 0.29) is 5.91 Å². The van der Waals surface area contributed by atoms with Crippen molar-refractivity contribution in [2.75, 3.05) is 6.54 Å². The maximum Gasteiger partial charge on any atom is 0.252 e. The fraction of sp³-hybridized carbons (Fsp3) is 0.300. The summed E-state index contributed by atoms with van der Waals surface area (Å²) in [6, 6.07) is 9.67. The van der Waals surface area contributed by atoms with E-state index in [0.717, 1.165) is 29.9 Å². The molecule has 1 aromatic carbocycles. The number of benzene rings is 1. The highest BCUT2D eigenvalue weighted by molar-refractivity contribution is 6.33. The molecule has 136 valence electrons. The second-order valence-corrected chi connectivity index (χ2v) is 6.90. The highest BCUT2D eigenvalue weighted by Crippen LogP contribution is 2.23. The van der Waals surface area contributed by atoms with E-state index in [1.165, 1.54) is 5.56 Å². The molecule has 0 radical (unpaired) electrons. The molecular weight excluding hydrogens is 348 g/mol. The van der Waals surface area contributed by atoms with Crippen molar-refractivity contribution in [2.45, 2.75) is 26.7 Å². The SMILES string of the molecule is Cc1ccc(C)n1-c1ccc(Cl)c(C(=O)NCCCc2cnn(C)c2)c1. The van der Waals surface area contributed by atoms with E-state index in [9.17, 15) is 4.79 Å². The van der Waals surface area contributed by atoms with Crippen molar-refractivity contribution < 1.29 is 4.79 Å². The fourth-order valence-corrected chi connectivity index (χ4v) is 3.30. The van der Waals surface area contributed by atoms with Gasteiger partial charge in [-0.1, -0.05) is 11.6 Å². The Balaban J connectivity index is 1.66. The molecule has 0 spiro atoms. The number of hydrogen-bond donors (Lipinski definition) is 1. The largest absolute Gasteiger partial charge is 0.352 e. The number of amides is 1. The summed E-state index contributed by atoms with van der Waals surface area (Å²) < 4.78 is 3.89. The predicted molar refractivity (Wildman–Crippen MR) is 104 cm³/mol. The van der Waals surface area contributed by atoms with Crippen LogP contribution in [0, 0.1) is 13.8 Å². The Bertz CT molecular complexity index is 906. The molecule has 2 heterocycles. The number of aryl methyl sites for hydroxylation is 4. The molecule has 5 nitrogen and oxygen atoms in total. The molecule has 1 N–H and O–H groups in total. The van der Waals surface area contributed by atoms with Gasteiger partial charge in [-0.05, 0) is 62.6 Å². The molecule has 3 rings (SSSR count). The maximum absolute atomic E-state index is 12.6. The summed E-state index contributed by atoms with van der Waals surface area (Å²) in [7, 11) is 1.90. The topological polar surface area (TPSA) is 51.9 Å². The minimum Gasteiger partial charge on any atom is -0.352 e. The third-order valence-electron chi connectivity index (χ3n) is 4.41. The van der Waals surface area contributed by atoms with E-state index in [2.05, 4.69) is 27.1 Å². The molecule has 0 atom stereocenters. The Hall–Kier alpha value is -2.53. The van der Waals surface area contributed by atoms with Gasteiger partial charge in [0.1, 0.15) is 0 Å². The molecule has 0 saturated heterocycles. The first-order chi connectivity index (χ1) is 12.5. The van der Waals surface area contributed by atoms with Crippen LogP contribution in [-0.4, -0.2) is 26.8 Å². The Morgan fingerprint density at radius 2 is 1.92 bits per heavy atom. The van der Waals surface area contributed by atoms with Gasteiger partial charge >= 0.3 is 0 Å². The molecule has 2 aromatic heterocycles. The zero-order valence-corrected chi connectivity index (χ0v) is 16.0. The lowest BCUT2D eigenvalue weighted by atomic mass is 10.1. The zero-order valence-electron chi connectivity index (χ0n) is 15.3. The summed E-state index contributed by atoms with van der Waals surface area (Å²) in [6.07, 6.45) is 5.57. The van der Waals surface area contributed by atoms with Crippen molar-refractivity contribution in [1.29, 1.82) is 0 Å². The molecule has 0 aliphatic heterocycles. The first kappa shape index (κ1) is 18.3. The quantitative estimate of drug-likeness (QED) is 0.670. The lowest BCUT2D eigenvalue weighted by molar-refractivity contribution is 0.0953. The van der Waals surface area contributed by atoms with Crippen LogP contribution in [0.5, 0.6) is 0 Å². The van der Waals surface area contributed by atoms with E-state index in [0.29, 0.717) is 17.1 Å². The normalized spacial score (nSPS) is 10.9. The number of carbonyl (C=O) groups excluding carboxylic acids is 1. The van der Waals surface area contributed by atoms with Crippen molar-refractivity contribution in [3.8, 4) is 5.69 Å². The molecule has 0 bridgehead atoms. The van der Waals surface area contributed by atoms with Gasteiger partial charge in [0.15, 0.2) is 0 Å². The third-order valence-corrected chi connectivity index (χ3v) is 4.74. The van der Waals surface area contributed by atoms with Gasteiger partial charge in [-0.2, -0.15) is 5.10 Å². The second-order valence-electron chi connectivity index (χ2n) is 6.50. The summed E-state index contributed by atoms with van der Waals surface area (Å²) in [5.74, 6) is -0.148. The van der Waals surface area contributed by atoms with E-state index in [1.54, 1.807) is 10.7 Å². The second kappa shape index (κ2) is 7.79. The summed E-state index contributed by atoms with van der Waals surface area (Å²) in [4.78, 5) is 12.6. The van der Waals surface area contributed by atoms with Gasteiger partial charge < -0.3 is 9.88 Å². The minimum atomic E-state index is -0.148. The minimum absolute atomic E-state index is 0.148. The van der Waals surface area contributed by atoms with Crippen molar-refractivity contribution in [3.63, 3.8) is 0 Å². The molecule has 0 aliphatic carbocycles. The van der Waals surface area contributed by atoms with Gasteiger partial charge in [0, 0.05) is 36.9 Å². The van der Waals surface area contributed by atoms with Gasteiger partial charge in [0.05, 0.1) is 16.8 Å². The Kier molecular flexibility index (Phi) is 5.47. The van der Waals surface area contributed by atoms with E-state index in [1.807, 2.05) is 45.4 Å². The summed E-state index contributed by atoms with van der Waals surface area (Å²) in [6.45, 7) is 4.68. The molecule has 0 fully saturated rings. The van der Waals surface area contributed by atoms with Crippen LogP contribution < -0.4 is 5.32 Å². The number of carbonyl (C=O) groups is 1. The zero-order chi connectivity index (χ0) is 18.7. The van der Waals surface area contributed by atoms with Crippen LogP contribution in [0.15, 0.2) is 42.7 Å². The lowest BCUT2D eigenvalue weighted by Gasteiger charge is -2.12. The lowest BCUT2D eigenvalue weighted by Crippen LogP contribution is -2.25. The first-order valence-corrected chi connectivity index (χ1v) is 9.04. The number of hydrogen-bond acceptors (Lipinski definition) is 2. The molecular formula is C20H23ClN4O. The van der Waals surface area contributed by atoms with Crippen LogP contribution in [0.4, 0.5) is 0 Å². The number of nitrogens with one attached hydrogen (secondary N) is 1. The average molecular weight is 371 g/mol. The van der Waals surface area contributed by atoms with E-state index in [4.69, 9.17) is 11.6 Å². The number of nitrogens with zero attached hydrogens (tertiary/aromatic N) is 3. The number of rotatable bonds is 6. The van der Waals surface area contributed by atoms with Crippen LogP contribution in [0.25, 0.3) is 5.69 Å². The van der Waals surface area contributed by atoms with Crippen molar-refractivity contribution in [1.82, 2.24) is 19.7 Å². The molecule has 0 saturated carbocycles. The summed E-state index contributed by atoms with van der Waals surface area (Å²) in [5, 5.41) is 7.57. The van der Waals surface area contributed by atoms with Crippen LogP contribution in [0.2, 0.25) is 5.02 Å². The predicted octanol–water partition coefficient (Wildman–Crippen LogP) is 3.84. The van der Waals surface area contributed by atoms with Gasteiger partial charge in [-0.3, -0.25) is 9.48 Å². The number of aromatic nitrogens is 3. The molecule has 3 aromatic rings. The van der Waals surface area contributed by atoms with E-state index < -0.39 is 0 Å². The van der Waals surface area contributed by atoms with E-state index >= 15 is 0 Å². The summed E-state index contributed by atoms with van der Waals surface area (Å²) >= 11 is 6.26. The standard InChI is InChI=1S/C20H23ClN4O/c1-14-6-7-15(2)25(14)17-8-9-19(21)18(11-17)20(26)22-10-4-5-16-12-23-24(3)13-16/h6-9,11-13H,4-5,10H2,1-3H3,(H,22,26). The maximum atomic E-state index is 12.6. The summed E-state index contributed by atoms with van der Waals surface area (Å²) in [5.41, 5.74) is 4.84. The Morgan fingerprint density at radius 3 is 2.58 bits per heavy atom. The molecule has 0 aliphatic rings. The smallest absolute Gasteiger partial charge is 0.252 e. The Labute approximate surface area is 158 Å². The molecule has 1 amide bonds. The van der Waals surface area contributed by atoms with Crippen LogP contribution in [0.3, 0.4) is 0 Å². The van der Waals surface area contributed by atoms with Crippen molar-refractivity contribution >= 4 is 17.5 Å². The van der Waals surface area contributed by atoms with Gasteiger partial charge in [0.2, 0.25) is 0 Å². The molecule has 6 heteroatoms. The molecule has 0 unspecified atom stereocenters. The first-order valence-electron chi connectivity index (χ1n) is 8.66. The highest BCUT2D eigenvalue weighted by Gasteiger charge is 2.13. The Morgan fingerprint density at radius 1 is 1.19 bits per heavy atom. The van der Waals surface area contributed by atoms with Crippen molar-refractivity contribution in [3.05, 3.63) is 70.3 Å². The highest BCUT2D eigenvalue weighted by atomic mass is 35.5. The van der Waals surface area contributed by atoms with Crippen molar-refractivity contribution in [2.24, 2.45) is 7.05 Å². The van der Waals surface area contributed by atoms with Crippen LogP contribution in [-0.2, 0) is 13.5 Å². The van der Waals surface area contributed by atoms with Gasteiger partial charge in [-0.15, -0.1) is 0 Å². The average Bonchev–Trinajstić information content (AvgIpc) is 3.17. The third kappa shape index (κ3) is 3.99. The fourth-order valence-electron chi connectivity index (χ4n) is 3.09. The monoisotopic (exact) mass is 370 g/mol. The van der Waals surface area contributed by atoms with Crippen LogP contribution >= 0.6 is 11.6 Å². The van der Waals surface area contributed by atoms with Crippen LogP contribution in [0.1, 0.15) is 33.7 Å². The van der Waals surface area contributed by atoms with Gasteiger partial charge in [-0.25, -0.2) is 0 Å². The molecule has 26 heavy (non-hydrogen) atoms. The van der Waals surface area contributed by atoms with Gasteiger partial charge in [0.25, 0.3) is 5.91 Å². The number of halogens is 1.